The topological polar surface area (TPSA) is 57.5 Å². The van der Waals surface area contributed by atoms with Gasteiger partial charge in [0.05, 0.1) is 12.3 Å². The zero-order valence-corrected chi connectivity index (χ0v) is 7.58. The fourth-order valence-electron chi connectivity index (χ4n) is 1.01. The zero-order valence-electron chi connectivity index (χ0n) is 6.83. The number of benzene rings is 1. The first-order valence-electron chi connectivity index (χ1n) is 3.72. The maximum Gasteiger partial charge on any atom is 0.307 e. The fourth-order valence-corrected chi connectivity index (χ4v) is 1.23. The molecule has 0 aromatic heterocycles. The van der Waals surface area contributed by atoms with Crippen LogP contribution in [-0.2, 0) is 17.1 Å². The number of carboxylic acid groups (broad SMARTS) is 1. The monoisotopic (exact) mass is 200 g/mol. The SMILES string of the molecule is O=C(O)Cc1ccc(CCl)c(O)c1. The minimum absolute atomic E-state index is 0.0498. The molecule has 0 radical (unpaired) electrons. The number of carbonyl (C=O) groups is 1. The Hall–Kier alpha value is -1.22. The molecule has 1 aromatic carbocycles. The lowest BCUT2D eigenvalue weighted by molar-refractivity contribution is -0.136. The lowest BCUT2D eigenvalue weighted by atomic mass is 10.1. The number of rotatable bonds is 3. The first-order valence-corrected chi connectivity index (χ1v) is 4.25. The summed E-state index contributed by atoms with van der Waals surface area (Å²) in [6.07, 6.45) is -0.0872. The summed E-state index contributed by atoms with van der Waals surface area (Å²) in [5.74, 6) is -0.647. The highest BCUT2D eigenvalue weighted by molar-refractivity contribution is 6.17. The zero-order chi connectivity index (χ0) is 9.84. The number of carboxylic acids is 1. The van der Waals surface area contributed by atoms with Gasteiger partial charge in [-0.1, -0.05) is 12.1 Å². The van der Waals surface area contributed by atoms with E-state index in [-0.39, 0.29) is 18.1 Å². The molecule has 0 spiro atoms. The molecule has 70 valence electrons. The summed E-state index contributed by atoms with van der Waals surface area (Å²) < 4.78 is 0. The smallest absolute Gasteiger partial charge is 0.307 e. The second-order valence-electron chi connectivity index (χ2n) is 2.67. The Balaban J connectivity index is 2.89. The molecule has 0 aliphatic heterocycles. The molecule has 0 saturated carbocycles. The predicted molar refractivity (Wildman–Crippen MR) is 49.0 cm³/mol. The average molecular weight is 201 g/mol. The highest BCUT2D eigenvalue weighted by Crippen LogP contribution is 2.20. The molecule has 0 bridgehead atoms. The van der Waals surface area contributed by atoms with E-state index in [1.807, 2.05) is 0 Å². The molecule has 0 fully saturated rings. The van der Waals surface area contributed by atoms with E-state index in [1.165, 1.54) is 6.07 Å². The summed E-state index contributed by atoms with van der Waals surface area (Å²) in [6.45, 7) is 0. The molecule has 1 rings (SSSR count). The second-order valence-corrected chi connectivity index (χ2v) is 2.93. The summed E-state index contributed by atoms with van der Waals surface area (Å²) in [5, 5.41) is 17.8. The molecule has 0 amide bonds. The minimum atomic E-state index is -0.918. The number of hydrogen-bond acceptors (Lipinski definition) is 2. The van der Waals surface area contributed by atoms with Crippen LogP contribution in [0.25, 0.3) is 0 Å². The second kappa shape index (κ2) is 4.14. The van der Waals surface area contributed by atoms with Crippen molar-refractivity contribution in [2.75, 3.05) is 0 Å². The van der Waals surface area contributed by atoms with Gasteiger partial charge in [-0.25, -0.2) is 0 Å². The lowest BCUT2D eigenvalue weighted by Crippen LogP contribution is -1.99. The largest absolute Gasteiger partial charge is 0.508 e. The van der Waals surface area contributed by atoms with Crippen molar-refractivity contribution in [3.8, 4) is 5.75 Å². The van der Waals surface area contributed by atoms with E-state index in [1.54, 1.807) is 12.1 Å². The van der Waals surface area contributed by atoms with Crippen molar-refractivity contribution in [2.45, 2.75) is 12.3 Å². The van der Waals surface area contributed by atoms with Crippen LogP contribution in [0.2, 0.25) is 0 Å². The molecule has 2 N–H and O–H groups in total. The highest BCUT2D eigenvalue weighted by atomic mass is 35.5. The summed E-state index contributed by atoms with van der Waals surface area (Å²) in [7, 11) is 0. The van der Waals surface area contributed by atoms with E-state index in [2.05, 4.69) is 0 Å². The normalized spacial score (nSPS) is 9.92. The van der Waals surface area contributed by atoms with E-state index < -0.39 is 5.97 Å². The molecular formula is C9H9ClO3. The van der Waals surface area contributed by atoms with Crippen LogP contribution in [0.5, 0.6) is 5.75 Å². The van der Waals surface area contributed by atoms with Gasteiger partial charge in [0.2, 0.25) is 0 Å². The fraction of sp³-hybridized carbons (Fsp3) is 0.222. The minimum Gasteiger partial charge on any atom is -0.508 e. The van der Waals surface area contributed by atoms with E-state index in [9.17, 15) is 9.90 Å². The Bertz CT molecular complexity index is 323. The lowest BCUT2D eigenvalue weighted by Gasteiger charge is -2.02. The van der Waals surface area contributed by atoms with Gasteiger partial charge in [0.15, 0.2) is 0 Å². The first kappa shape index (κ1) is 9.86. The molecule has 13 heavy (non-hydrogen) atoms. The van der Waals surface area contributed by atoms with Crippen LogP contribution in [0, 0.1) is 0 Å². The average Bonchev–Trinajstić information content (AvgIpc) is 2.03. The van der Waals surface area contributed by atoms with Gasteiger partial charge < -0.3 is 10.2 Å². The van der Waals surface area contributed by atoms with Crippen molar-refractivity contribution < 1.29 is 15.0 Å². The van der Waals surface area contributed by atoms with Crippen molar-refractivity contribution in [3.63, 3.8) is 0 Å². The van der Waals surface area contributed by atoms with Gasteiger partial charge in [0, 0.05) is 5.56 Å². The Morgan fingerprint density at radius 3 is 2.62 bits per heavy atom. The summed E-state index contributed by atoms with van der Waals surface area (Å²) in [4.78, 5) is 10.3. The Labute approximate surface area is 80.6 Å². The Morgan fingerprint density at radius 2 is 2.15 bits per heavy atom. The maximum absolute atomic E-state index is 10.3. The van der Waals surface area contributed by atoms with Crippen LogP contribution in [0.3, 0.4) is 0 Å². The van der Waals surface area contributed by atoms with Crippen LogP contribution in [-0.4, -0.2) is 16.2 Å². The number of phenols is 1. The molecule has 1 aromatic rings. The Kier molecular flexibility index (Phi) is 3.14. The molecule has 0 saturated heterocycles. The number of phenolic OH excluding ortho intramolecular Hbond substituents is 1. The molecular weight excluding hydrogens is 192 g/mol. The van der Waals surface area contributed by atoms with E-state index >= 15 is 0 Å². The van der Waals surface area contributed by atoms with Gasteiger partial charge in [-0.3, -0.25) is 4.79 Å². The number of aromatic hydroxyl groups is 1. The molecule has 0 heterocycles. The number of aliphatic carboxylic acids is 1. The number of hydrogen-bond donors (Lipinski definition) is 2. The van der Waals surface area contributed by atoms with Crippen LogP contribution in [0.15, 0.2) is 18.2 Å². The van der Waals surface area contributed by atoms with E-state index in [4.69, 9.17) is 16.7 Å². The number of alkyl halides is 1. The summed E-state index contributed by atoms with van der Waals surface area (Å²) in [6, 6.07) is 4.69. The van der Waals surface area contributed by atoms with Gasteiger partial charge >= 0.3 is 5.97 Å². The molecule has 3 nitrogen and oxygen atoms in total. The predicted octanol–water partition coefficient (Wildman–Crippen LogP) is 1.76. The van der Waals surface area contributed by atoms with E-state index in [0.29, 0.717) is 11.1 Å². The van der Waals surface area contributed by atoms with Crippen LogP contribution >= 0.6 is 11.6 Å². The molecule has 0 aliphatic carbocycles. The summed E-state index contributed by atoms with van der Waals surface area (Å²) >= 11 is 5.51. The molecule has 0 atom stereocenters. The van der Waals surface area contributed by atoms with Gasteiger partial charge in [-0.05, 0) is 11.6 Å². The third-order valence-corrected chi connectivity index (χ3v) is 1.94. The molecule has 0 unspecified atom stereocenters. The van der Waals surface area contributed by atoms with Crippen molar-refractivity contribution in [1.82, 2.24) is 0 Å². The van der Waals surface area contributed by atoms with Crippen molar-refractivity contribution in [2.24, 2.45) is 0 Å². The quantitative estimate of drug-likeness (QED) is 0.731. The van der Waals surface area contributed by atoms with Crippen molar-refractivity contribution in [3.05, 3.63) is 29.3 Å². The van der Waals surface area contributed by atoms with Crippen molar-refractivity contribution in [1.29, 1.82) is 0 Å². The summed E-state index contributed by atoms with van der Waals surface area (Å²) in [5.41, 5.74) is 1.18. The third kappa shape index (κ3) is 2.63. The van der Waals surface area contributed by atoms with Crippen LogP contribution in [0.1, 0.15) is 11.1 Å². The van der Waals surface area contributed by atoms with Gasteiger partial charge in [0.25, 0.3) is 0 Å². The first-order chi connectivity index (χ1) is 6.13. The van der Waals surface area contributed by atoms with Crippen LogP contribution in [0.4, 0.5) is 0 Å². The highest BCUT2D eigenvalue weighted by Gasteiger charge is 2.04. The molecule has 0 aliphatic rings. The van der Waals surface area contributed by atoms with Gasteiger partial charge in [0.1, 0.15) is 5.75 Å². The third-order valence-electron chi connectivity index (χ3n) is 1.65. The van der Waals surface area contributed by atoms with Crippen molar-refractivity contribution >= 4 is 17.6 Å². The maximum atomic E-state index is 10.3. The van der Waals surface area contributed by atoms with Gasteiger partial charge in [-0.2, -0.15) is 0 Å². The number of halogens is 1. The molecule has 4 heteroatoms. The van der Waals surface area contributed by atoms with E-state index in [0.717, 1.165) is 0 Å². The van der Waals surface area contributed by atoms with Crippen LogP contribution < -0.4 is 0 Å². The van der Waals surface area contributed by atoms with Gasteiger partial charge in [-0.15, -0.1) is 11.6 Å². The standard InChI is InChI=1S/C9H9ClO3/c10-5-7-2-1-6(3-8(7)11)4-9(12)13/h1-3,11H,4-5H2,(H,12,13). The Morgan fingerprint density at radius 1 is 1.46 bits per heavy atom.